The Labute approximate surface area is 153 Å². The number of halogens is 3. The van der Waals surface area contributed by atoms with Crippen LogP contribution in [0.25, 0.3) is 0 Å². The van der Waals surface area contributed by atoms with E-state index in [-0.39, 0.29) is 24.2 Å². The van der Waals surface area contributed by atoms with Gasteiger partial charge in [-0.15, -0.1) is 0 Å². The molecule has 27 heavy (non-hydrogen) atoms. The Morgan fingerprint density at radius 1 is 1.26 bits per heavy atom. The molecule has 1 fully saturated rings. The monoisotopic (exact) mass is 381 g/mol. The van der Waals surface area contributed by atoms with Crippen LogP contribution in [0.4, 0.5) is 18.9 Å². The number of anilines is 1. The number of aromatic amines is 1. The molecule has 1 atom stereocenters. The Balaban J connectivity index is 1.81. The number of aromatic nitrogens is 1. The maximum absolute atomic E-state index is 13.4. The number of hydrogen-bond donors (Lipinski definition) is 3. The van der Waals surface area contributed by atoms with Gasteiger partial charge >= 0.3 is 12.1 Å². The van der Waals surface area contributed by atoms with Gasteiger partial charge in [-0.05, 0) is 43.2 Å². The van der Waals surface area contributed by atoms with Gasteiger partial charge in [-0.3, -0.25) is 4.79 Å². The van der Waals surface area contributed by atoms with Gasteiger partial charge in [-0.2, -0.15) is 13.2 Å². The number of amides is 1. The first-order valence-electron chi connectivity index (χ1n) is 8.39. The molecule has 3 N–H and O–H groups in total. The summed E-state index contributed by atoms with van der Waals surface area (Å²) in [6, 6.07) is 5.98. The minimum absolute atomic E-state index is 0.0775. The lowest BCUT2D eigenvalue weighted by Crippen LogP contribution is -2.48. The predicted octanol–water partition coefficient (Wildman–Crippen LogP) is 3.13. The minimum Gasteiger partial charge on any atom is -0.478 e. The van der Waals surface area contributed by atoms with E-state index in [9.17, 15) is 22.8 Å². The summed E-state index contributed by atoms with van der Waals surface area (Å²) in [5, 5.41) is 11.8. The molecule has 1 amide bonds. The van der Waals surface area contributed by atoms with Crippen LogP contribution in [-0.2, 0) is 6.18 Å². The molecule has 144 valence electrons. The second-order valence-corrected chi connectivity index (χ2v) is 6.38. The van der Waals surface area contributed by atoms with Crippen LogP contribution in [0.5, 0.6) is 0 Å². The smallest absolute Gasteiger partial charge is 0.418 e. The van der Waals surface area contributed by atoms with Crippen LogP contribution < -0.4 is 10.2 Å². The summed E-state index contributed by atoms with van der Waals surface area (Å²) in [7, 11) is 0. The van der Waals surface area contributed by atoms with Crippen LogP contribution in [0.1, 0.15) is 39.3 Å². The Hall–Kier alpha value is -2.97. The molecule has 0 aliphatic carbocycles. The van der Waals surface area contributed by atoms with Crippen molar-refractivity contribution < 1.29 is 27.9 Å². The number of hydrogen-bond acceptors (Lipinski definition) is 3. The third-order valence-electron chi connectivity index (χ3n) is 4.49. The molecule has 3 rings (SSSR count). The van der Waals surface area contributed by atoms with Gasteiger partial charge in [0.2, 0.25) is 0 Å². The number of carboxylic acid groups (broad SMARTS) is 1. The second-order valence-electron chi connectivity index (χ2n) is 6.38. The van der Waals surface area contributed by atoms with Crippen LogP contribution in [-0.4, -0.2) is 41.1 Å². The van der Waals surface area contributed by atoms with Crippen molar-refractivity contribution in [3.05, 3.63) is 53.3 Å². The van der Waals surface area contributed by atoms with Crippen LogP contribution in [0.2, 0.25) is 0 Å². The van der Waals surface area contributed by atoms with Gasteiger partial charge in [-0.1, -0.05) is 0 Å². The van der Waals surface area contributed by atoms with Crippen molar-refractivity contribution in [1.82, 2.24) is 10.3 Å². The fraction of sp³-hybridized carbons (Fsp3) is 0.333. The molecule has 2 heterocycles. The summed E-state index contributed by atoms with van der Waals surface area (Å²) >= 11 is 0. The van der Waals surface area contributed by atoms with Gasteiger partial charge in [0.15, 0.2) is 0 Å². The predicted molar refractivity (Wildman–Crippen MR) is 91.9 cm³/mol. The first-order chi connectivity index (χ1) is 12.8. The minimum atomic E-state index is -4.68. The zero-order valence-corrected chi connectivity index (χ0v) is 14.2. The van der Waals surface area contributed by atoms with E-state index in [0.29, 0.717) is 31.1 Å². The average Bonchev–Trinajstić information content (AvgIpc) is 3.15. The highest BCUT2D eigenvalue weighted by atomic mass is 19.4. The molecule has 0 bridgehead atoms. The van der Waals surface area contributed by atoms with Gasteiger partial charge in [0.25, 0.3) is 5.91 Å². The quantitative estimate of drug-likeness (QED) is 0.760. The Morgan fingerprint density at radius 2 is 2.04 bits per heavy atom. The lowest BCUT2D eigenvalue weighted by Gasteiger charge is -2.36. The lowest BCUT2D eigenvalue weighted by atomic mass is 10.0. The fourth-order valence-corrected chi connectivity index (χ4v) is 3.22. The van der Waals surface area contributed by atoms with Crippen molar-refractivity contribution in [2.75, 3.05) is 18.0 Å². The number of benzene rings is 1. The second kappa shape index (κ2) is 7.34. The molecule has 1 saturated heterocycles. The summed E-state index contributed by atoms with van der Waals surface area (Å²) in [5.41, 5.74) is -1.10. The van der Waals surface area contributed by atoms with Gasteiger partial charge < -0.3 is 20.3 Å². The highest BCUT2D eigenvalue weighted by molar-refractivity contribution is 5.92. The van der Waals surface area contributed by atoms with Crippen LogP contribution >= 0.6 is 0 Å². The lowest BCUT2D eigenvalue weighted by molar-refractivity contribution is -0.137. The molecule has 2 aromatic rings. The number of nitrogens with zero attached hydrogens (tertiary/aromatic N) is 1. The van der Waals surface area contributed by atoms with Gasteiger partial charge in [0, 0.05) is 31.0 Å². The summed E-state index contributed by atoms with van der Waals surface area (Å²) in [4.78, 5) is 27.5. The molecule has 1 aliphatic rings. The third-order valence-corrected chi connectivity index (χ3v) is 4.49. The van der Waals surface area contributed by atoms with E-state index in [1.54, 1.807) is 18.3 Å². The summed E-state index contributed by atoms with van der Waals surface area (Å²) in [6.45, 7) is 0.603. The fourth-order valence-electron chi connectivity index (χ4n) is 3.22. The van der Waals surface area contributed by atoms with E-state index >= 15 is 0 Å². The van der Waals surface area contributed by atoms with Gasteiger partial charge in [-0.25, -0.2) is 4.79 Å². The highest BCUT2D eigenvalue weighted by Gasteiger charge is 2.36. The SMILES string of the molecule is O=C(O)c1ccc(N2CCCC(NC(=O)c3ccc[nH]3)C2)c(C(F)(F)F)c1. The van der Waals surface area contributed by atoms with E-state index in [1.165, 1.54) is 11.0 Å². The number of carboxylic acids is 1. The Morgan fingerprint density at radius 3 is 2.67 bits per heavy atom. The van der Waals surface area contributed by atoms with Crippen LogP contribution in [0.15, 0.2) is 36.5 Å². The average molecular weight is 381 g/mol. The summed E-state index contributed by atoms with van der Waals surface area (Å²) < 4.78 is 40.3. The normalized spacial score (nSPS) is 17.6. The van der Waals surface area contributed by atoms with Gasteiger partial charge in [0.1, 0.15) is 5.69 Å². The third kappa shape index (κ3) is 4.24. The van der Waals surface area contributed by atoms with Crippen molar-refractivity contribution in [2.24, 2.45) is 0 Å². The topological polar surface area (TPSA) is 85.4 Å². The molecular formula is C18H18F3N3O3. The first kappa shape index (κ1) is 18.8. The molecule has 0 radical (unpaired) electrons. The molecule has 1 unspecified atom stereocenters. The van der Waals surface area contributed by atoms with Crippen molar-refractivity contribution in [2.45, 2.75) is 25.1 Å². The first-order valence-corrected chi connectivity index (χ1v) is 8.39. The van der Waals surface area contributed by atoms with Crippen molar-refractivity contribution >= 4 is 17.6 Å². The van der Waals surface area contributed by atoms with E-state index in [2.05, 4.69) is 10.3 Å². The van der Waals surface area contributed by atoms with E-state index < -0.39 is 23.3 Å². The largest absolute Gasteiger partial charge is 0.478 e. The molecule has 1 aliphatic heterocycles. The number of piperidine rings is 1. The summed E-state index contributed by atoms with van der Waals surface area (Å²) in [5.74, 6) is -1.73. The van der Waals surface area contributed by atoms with Crippen molar-refractivity contribution in [3.63, 3.8) is 0 Å². The zero-order valence-electron chi connectivity index (χ0n) is 14.2. The van der Waals surface area contributed by atoms with Crippen LogP contribution in [0, 0.1) is 0 Å². The highest BCUT2D eigenvalue weighted by Crippen LogP contribution is 2.38. The Bertz CT molecular complexity index is 834. The standard InChI is InChI=1S/C18H18F3N3O3/c19-18(20,21)13-9-11(17(26)27)5-6-15(13)24-8-2-3-12(10-24)23-16(25)14-4-1-7-22-14/h1,4-7,9,12,22H,2-3,8,10H2,(H,23,25)(H,26,27). The number of alkyl halides is 3. The number of carbonyl (C=O) groups is 2. The van der Waals surface area contributed by atoms with Crippen LogP contribution in [0.3, 0.4) is 0 Å². The maximum Gasteiger partial charge on any atom is 0.418 e. The van der Waals surface area contributed by atoms with Gasteiger partial charge in [0.05, 0.1) is 11.1 Å². The Kier molecular flexibility index (Phi) is 5.11. The molecule has 9 heteroatoms. The number of nitrogens with one attached hydrogen (secondary N) is 2. The molecule has 1 aromatic carbocycles. The molecular weight excluding hydrogens is 363 g/mol. The number of aromatic carboxylic acids is 1. The molecule has 0 spiro atoms. The number of rotatable bonds is 4. The number of H-pyrrole nitrogens is 1. The molecule has 1 aromatic heterocycles. The van der Waals surface area contributed by atoms with E-state index in [0.717, 1.165) is 6.07 Å². The van der Waals surface area contributed by atoms with E-state index in [4.69, 9.17) is 5.11 Å². The molecule has 0 saturated carbocycles. The molecule has 6 nitrogen and oxygen atoms in total. The van der Waals surface area contributed by atoms with Crippen molar-refractivity contribution in [1.29, 1.82) is 0 Å². The maximum atomic E-state index is 13.4. The number of carbonyl (C=O) groups excluding carboxylic acids is 1. The van der Waals surface area contributed by atoms with E-state index in [1.807, 2.05) is 0 Å². The van der Waals surface area contributed by atoms with Crippen molar-refractivity contribution in [3.8, 4) is 0 Å². The summed E-state index contributed by atoms with van der Waals surface area (Å²) in [6.07, 6.45) is -1.81. The zero-order chi connectivity index (χ0) is 19.6.